The predicted molar refractivity (Wildman–Crippen MR) is 91.4 cm³/mol. The zero-order valence-electron chi connectivity index (χ0n) is 16.1. The fourth-order valence-corrected chi connectivity index (χ4v) is 3.16. The molecule has 2 unspecified atom stereocenters. The van der Waals surface area contributed by atoms with Gasteiger partial charge in [-0.15, -0.1) is 0 Å². The van der Waals surface area contributed by atoms with E-state index in [2.05, 4.69) is 73.6 Å². The van der Waals surface area contributed by atoms with Crippen LogP contribution in [-0.4, -0.2) is 0 Å². The molecule has 0 saturated carbocycles. The highest BCUT2D eigenvalue weighted by molar-refractivity contribution is 5.33. The third-order valence-corrected chi connectivity index (χ3v) is 5.93. The second-order valence-electron chi connectivity index (χ2n) is 9.42. The molecule has 2 aliphatic heterocycles. The van der Waals surface area contributed by atoms with Crippen molar-refractivity contribution in [3.8, 4) is 0 Å². The summed E-state index contributed by atoms with van der Waals surface area (Å²) in [5, 5.41) is 0. The van der Waals surface area contributed by atoms with Gasteiger partial charge in [-0.05, 0) is 16.9 Å². The molecule has 0 bridgehead atoms. The largest absolute Gasteiger partial charge is 0.262 e. The van der Waals surface area contributed by atoms with E-state index in [0.29, 0.717) is 0 Å². The molecule has 2 atom stereocenters. The summed E-state index contributed by atoms with van der Waals surface area (Å²) in [5.41, 5.74) is 2.16. The van der Waals surface area contributed by atoms with Crippen LogP contribution in [0.25, 0.3) is 0 Å². The lowest BCUT2D eigenvalue weighted by atomic mass is 9.73. The van der Waals surface area contributed by atoms with Gasteiger partial charge in [0.15, 0.2) is 0 Å². The van der Waals surface area contributed by atoms with Gasteiger partial charge in [0.2, 0.25) is 0 Å². The molecule has 0 radical (unpaired) electrons. The van der Waals surface area contributed by atoms with E-state index in [9.17, 15) is 0 Å². The molecule has 2 aliphatic rings. The average molecular weight is 334 g/mol. The van der Waals surface area contributed by atoms with Crippen molar-refractivity contribution in [2.75, 3.05) is 0 Å². The first-order valence-corrected chi connectivity index (χ1v) is 8.78. The van der Waals surface area contributed by atoms with E-state index in [0.717, 1.165) is 11.1 Å². The lowest BCUT2D eigenvalue weighted by molar-refractivity contribution is 0.0850. The Morgan fingerprint density at radius 3 is 1.29 bits per heavy atom. The van der Waals surface area contributed by atoms with Gasteiger partial charge in [-0.3, -0.25) is 0 Å². The summed E-state index contributed by atoms with van der Waals surface area (Å²) in [6, 6.07) is 8.23. The van der Waals surface area contributed by atoms with Crippen molar-refractivity contribution in [2.45, 2.75) is 67.0 Å². The molecule has 0 aromatic heterocycles. The topological polar surface area (TPSA) is 50.1 Å². The Morgan fingerprint density at radius 2 is 1.04 bits per heavy atom. The van der Waals surface area contributed by atoms with E-state index >= 15 is 0 Å². The SMILES string of the molecule is CC(C(C)(C)C)C1(c2cccc(C3(C(C)C(C)(C)C)OO3)c2)OO1. The van der Waals surface area contributed by atoms with Crippen molar-refractivity contribution in [3.05, 3.63) is 35.4 Å². The maximum atomic E-state index is 5.50. The van der Waals surface area contributed by atoms with Crippen LogP contribution in [0.1, 0.15) is 66.5 Å². The van der Waals surface area contributed by atoms with Crippen LogP contribution in [0.2, 0.25) is 0 Å². The Kier molecular flexibility index (Phi) is 3.93. The molecule has 2 saturated heterocycles. The van der Waals surface area contributed by atoms with Gasteiger partial charge < -0.3 is 0 Å². The van der Waals surface area contributed by atoms with Gasteiger partial charge in [-0.1, -0.05) is 73.6 Å². The Balaban J connectivity index is 1.94. The molecule has 0 aliphatic carbocycles. The molecule has 4 heteroatoms. The maximum absolute atomic E-state index is 5.50. The van der Waals surface area contributed by atoms with Gasteiger partial charge in [0.1, 0.15) is 0 Å². The fraction of sp³-hybridized carbons (Fsp3) is 0.700. The van der Waals surface area contributed by atoms with Gasteiger partial charge >= 0.3 is 0 Å². The van der Waals surface area contributed by atoms with Gasteiger partial charge in [-0.25, -0.2) is 0 Å². The minimum absolute atomic E-state index is 0.0650. The summed E-state index contributed by atoms with van der Waals surface area (Å²) < 4.78 is 0. The standard InChI is InChI=1S/C20H30O4/c1-13(17(3,4)5)19(21-22-19)15-10-9-11-16(12-15)20(23-24-20)14(2)18(6,7)8/h9-14H,1-8H3. The molecule has 4 nitrogen and oxygen atoms in total. The third kappa shape index (κ3) is 2.80. The van der Waals surface area contributed by atoms with Crippen LogP contribution < -0.4 is 0 Å². The third-order valence-electron chi connectivity index (χ3n) is 5.93. The van der Waals surface area contributed by atoms with Crippen LogP contribution in [0.5, 0.6) is 0 Å². The van der Waals surface area contributed by atoms with E-state index in [1.807, 2.05) is 6.07 Å². The van der Waals surface area contributed by atoms with Crippen molar-refractivity contribution in [1.29, 1.82) is 0 Å². The van der Waals surface area contributed by atoms with E-state index < -0.39 is 11.6 Å². The van der Waals surface area contributed by atoms with Gasteiger partial charge in [-0.2, -0.15) is 19.6 Å². The van der Waals surface area contributed by atoms with E-state index in [1.165, 1.54) is 0 Å². The van der Waals surface area contributed by atoms with Gasteiger partial charge in [0, 0.05) is 23.0 Å². The summed E-state index contributed by atoms with van der Waals surface area (Å²) in [7, 11) is 0. The van der Waals surface area contributed by atoms with Crippen LogP contribution in [-0.2, 0) is 31.1 Å². The van der Waals surface area contributed by atoms with Crippen molar-refractivity contribution >= 4 is 0 Å². The van der Waals surface area contributed by atoms with Crippen molar-refractivity contribution in [2.24, 2.45) is 22.7 Å². The summed E-state index contributed by atoms with van der Waals surface area (Å²) in [5.74, 6) is -0.931. The molecule has 0 N–H and O–H groups in total. The molecular formula is C20H30O4. The van der Waals surface area contributed by atoms with E-state index in [-0.39, 0.29) is 22.7 Å². The molecule has 0 amide bonds. The number of hydrogen-bond acceptors (Lipinski definition) is 4. The van der Waals surface area contributed by atoms with Crippen LogP contribution in [0, 0.1) is 22.7 Å². The van der Waals surface area contributed by atoms with Gasteiger partial charge in [0.25, 0.3) is 11.6 Å². The molecule has 2 fully saturated rings. The normalized spacial score (nSPS) is 24.3. The molecule has 3 rings (SSSR count). The molecule has 24 heavy (non-hydrogen) atoms. The summed E-state index contributed by atoms with van der Waals surface area (Å²) in [4.78, 5) is 22.0. The number of benzene rings is 1. The smallest absolute Gasteiger partial charge is 0.189 e. The van der Waals surface area contributed by atoms with Crippen molar-refractivity contribution in [3.63, 3.8) is 0 Å². The highest BCUT2D eigenvalue weighted by Crippen LogP contribution is 2.56. The highest BCUT2D eigenvalue weighted by Gasteiger charge is 2.61. The zero-order valence-corrected chi connectivity index (χ0v) is 16.1. The van der Waals surface area contributed by atoms with Gasteiger partial charge in [0.05, 0.1) is 0 Å². The van der Waals surface area contributed by atoms with Crippen LogP contribution in [0.3, 0.4) is 0 Å². The fourth-order valence-electron chi connectivity index (χ4n) is 3.16. The number of hydrogen-bond donors (Lipinski definition) is 0. The molecule has 134 valence electrons. The van der Waals surface area contributed by atoms with Crippen LogP contribution >= 0.6 is 0 Å². The molecule has 1 aromatic rings. The lowest BCUT2D eigenvalue weighted by Gasteiger charge is -2.31. The summed E-state index contributed by atoms with van der Waals surface area (Å²) >= 11 is 0. The van der Waals surface area contributed by atoms with Crippen LogP contribution in [0.15, 0.2) is 24.3 Å². The molecule has 1 aromatic carbocycles. The van der Waals surface area contributed by atoms with E-state index in [4.69, 9.17) is 19.6 Å². The maximum Gasteiger partial charge on any atom is 0.262 e. The summed E-state index contributed by atoms with van der Waals surface area (Å²) in [6.07, 6.45) is 0. The van der Waals surface area contributed by atoms with Crippen LogP contribution in [0.4, 0.5) is 0 Å². The second-order valence-corrected chi connectivity index (χ2v) is 9.42. The Morgan fingerprint density at radius 1 is 0.708 bits per heavy atom. The predicted octanol–water partition coefficient (Wildman–Crippen LogP) is 5.28. The average Bonchev–Trinajstić information content (AvgIpc) is 3.37. The van der Waals surface area contributed by atoms with E-state index in [1.54, 1.807) is 0 Å². The first-order chi connectivity index (χ1) is 10.9. The van der Waals surface area contributed by atoms with Crippen molar-refractivity contribution in [1.82, 2.24) is 0 Å². The quantitative estimate of drug-likeness (QED) is 0.555. The minimum atomic E-state index is -0.671. The first kappa shape index (κ1) is 17.9. The minimum Gasteiger partial charge on any atom is -0.189 e. The first-order valence-electron chi connectivity index (χ1n) is 8.78. The van der Waals surface area contributed by atoms with Crippen molar-refractivity contribution < 1.29 is 19.6 Å². The molecular weight excluding hydrogens is 304 g/mol. The molecule has 0 spiro atoms. The lowest BCUT2D eigenvalue weighted by Crippen LogP contribution is -2.32. The zero-order chi connectivity index (χ0) is 18.0. The Bertz CT molecular complexity index is 564. The Hall–Kier alpha value is -0.940. The highest BCUT2D eigenvalue weighted by atomic mass is 17.4. The monoisotopic (exact) mass is 334 g/mol. The Labute approximate surface area is 145 Å². The number of rotatable bonds is 4. The summed E-state index contributed by atoms with van der Waals surface area (Å²) in [6.45, 7) is 17.5. The molecule has 2 heterocycles. The second kappa shape index (κ2) is 5.28.